The second-order valence-corrected chi connectivity index (χ2v) is 8.15. The van der Waals surface area contributed by atoms with E-state index in [4.69, 9.17) is 14.5 Å². The van der Waals surface area contributed by atoms with Crippen molar-refractivity contribution in [2.45, 2.75) is 44.1 Å². The summed E-state index contributed by atoms with van der Waals surface area (Å²) in [7, 11) is 3.23. The largest absolute Gasteiger partial charge is 0.497 e. The van der Waals surface area contributed by atoms with E-state index in [1.54, 1.807) is 14.2 Å². The third-order valence-electron chi connectivity index (χ3n) is 6.20. The molecule has 2 N–H and O–H groups in total. The molecule has 1 aromatic heterocycles. The van der Waals surface area contributed by atoms with Crippen molar-refractivity contribution in [3.8, 4) is 17.0 Å². The molecule has 0 radical (unpaired) electrons. The highest BCUT2D eigenvalue weighted by Crippen LogP contribution is 2.31. The predicted octanol–water partition coefficient (Wildman–Crippen LogP) is 2.72. The van der Waals surface area contributed by atoms with Crippen LogP contribution in [0.2, 0.25) is 0 Å². The lowest BCUT2D eigenvalue weighted by Gasteiger charge is -2.31. The number of benzene rings is 1. The van der Waals surface area contributed by atoms with Crippen molar-refractivity contribution in [1.29, 1.82) is 0 Å². The summed E-state index contributed by atoms with van der Waals surface area (Å²) in [5.74, 6) is 1.71. The van der Waals surface area contributed by atoms with Gasteiger partial charge in [-0.05, 0) is 49.9 Å². The van der Waals surface area contributed by atoms with Gasteiger partial charge in [-0.3, -0.25) is 9.59 Å². The first-order chi connectivity index (χ1) is 15.1. The Balaban J connectivity index is 1.46. The van der Waals surface area contributed by atoms with Crippen LogP contribution in [0.4, 0.5) is 0 Å². The van der Waals surface area contributed by atoms with Crippen molar-refractivity contribution in [1.82, 2.24) is 20.2 Å². The molecule has 2 aliphatic heterocycles. The molecule has 2 aromatic rings. The van der Waals surface area contributed by atoms with Crippen molar-refractivity contribution in [2.24, 2.45) is 0 Å². The smallest absolute Gasteiger partial charge is 0.269 e. The van der Waals surface area contributed by atoms with Crippen LogP contribution in [0.1, 0.15) is 54.3 Å². The quantitative estimate of drug-likeness (QED) is 0.740. The van der Waals surface area contributed by atoms with E-state index < -0.39 is 0 Å². The Morgan fingerprint density at radius 3 is 2.58 bits per heavy atom. The third kappa shape index (κ3) is 4.74. The summed E-state index contributed by atoms with van der Waals surface area (Å²) in [5.41, 5.74) is 1.94. The number of nitrogens with zero attached hydrogens (tertiary/aromatic N) is 2. The standard InChI is InChI=1S/C23H30N4O4/c1-24-23(29)21-20(15-5-7-17(30-2)8-6-15)25-22(26-21)16-9-11-27(12-10-16)19(28)14-18-4-3-13-31-18/h5-8,16,18H,3-4,9-14H2,1-2H3,(H,24,29)(H,25,26). The highest BCUT2D eigenvalue weighted by atomic mass is 16.5. The number of likely N-dealkylation sites (tertiary alicyclic amines) is 1. The lowest BCUT2D eigenvalue weighted by molar-refractivity contribution is -0.134. The minimum Gasteiger partial charge on any atom is -0.497 e. The highest BCUT2D eigenvalue weighted by molar-refractivity contribution is 5.98. The number of ether oxygens (including phenoxy) is 2. The minimum absolute atomic E-state index is 0.0810. The fourth-order valence-corrected chi connectivity index (χ4v) is 4.36. The minimum atomic E-state index is -0.200. The second kappa shape index (κ2) is 9.51. The molecule has 2 fully saturated rings. The number of nitrogens with one attached hydrogen (secondary N) is 2. The molecule has 0 aliphatic carbocycles. The number of H-pyrrole nitrogens is 1. The molecular formula is C23H30N4O4. The molecule has 4 rings (SSSR count). The van der Waals surface area contributed by atoms with Gasteiger partial charge in [-0.2, -0.15) is 0 Å². The molecule has 166 valence electrons. The van der Waals surface area contributed by atoms with Gasteiger partial charge in [0.1, 0.15) is 23.0 Å². The van der Waals surface area contributed by atoms with Crippen molar-refractivity contribution in [3.63, 3.8) is 0 Å². The molecule has 1 aromatic carbocycles. The van der Waals surface area contributed by atoms with Gasteiger partial charge in [-0.25, -0.2) is 4.98 Å². The maximum absolute atomic E-state index is 12.6. The van der Waals surface area contributed by atoms with Crippen LogP contribution in [0.15, 0.2) is 24.3 Å². The summed E-state index contributed by atoms with van der Waals surface area (Å²) < 4.78 is 10.8. The van der Waals surface area contributed by atoms with Crippen LogP contribution >= 0.6 is 0 Å². The van der Waals surface area contributed by atoms with Gasteiger partial charge in [0.2, 0.25) is 5.91 Å². The van der Waals surface area contributed by atoms with Gasteiger partial charge in [0, 0.05) is 38.2 Å². The number of imidazole rings is 1. The van der Waals surface area contributed by atoms with Crippen molar-refractivity contribution < 1.29 is 19.1 Å². The number of amides is 2. The van der Waals surface area contributed by atoms with Crippen LogP contribution < -0.4 is 10.1 Å². The van der Waals surface area contributed by atoms with Crippen molar-refractivity contribution >= 4 is 11.8 Å². The number of piperidine rings is 1. The zero-order valence-corrected chi connectivity index (χ0v) is 18.1. The molecule has 2 aliphatic rings. The van der Waals surface area contributed by atoms with Crippen LogP contribution in [-0.4, -0.2) is 66.6 Å². The number of rotatable bonds is 6. The second-order valence-electron chi connectivity index (χ2n) is 8.15. The van der Waals surface area contributed by atoms with Crippen LogP contribution in [0.5, 0.6) is 5.75 Å². The summed E-state index contributed by atoms with van der Waals surface area (Å²) in [6, 6.07) is 7.51. The van der Waals surface area contributed by atoms with Crippen molar-refractivity contribution in [3.05, 3.63) is 35.8 Å². The number of carbonyl (C=O) groups is 2. The van der Waals surface area contributed by atoms with E-state index in [0.29, 0.717) is 30.9 Å². The number of methoxy groups -OCH3 is 1. The van der Waals surface area contributed by atoms with Gasteiger partial charge in [0.05, 0.1) is 19.6 Å². The Labute approximate surface area is 182 Å². The van der Waals surface area contributed by atoms with E-state index in [-0.39, 0.29) is 23.8 Å². The molecule has 0 spiro atoms. The van der Waals surface area contributed by atoms with Gasteiger partial charge in [-0.1, -0.05) is 0 Å². The zero-order chi connectivity index (χ0) is 21.8. The molecule has 8 heteroatoms. The van der Waals surface area contributed by atoms with Crippen LogP contribution in [-0.2, 0) is 9.53 Å². The molecular weight excluding hydrogens is 396 g/mol. The molecule has 1 unspecified atom stereocenters. The Hall–Kier alpha value is -2.87. The normalized spacial score (nSPS) is 19.4. The molecule has 0 bridgehead atoms. The summed E-state index contributed by atoms with van der Waals surface area (Å²) in [6.07, 6.45) is 4.22. The molecule has 8 nitrogen and oxygen atoms in total. The van der Waals surface area contributed by atoms with Crippen LogP contribution in [0.3, 0.4) is 0 Å². The topological polar surface area (TPSA) is 96.6 Å². The number of hydrogen-bond donors (Lipinski definition) is 2. The highest BCUT2D eigenvalue weighted by Gasteiger charge is 2.29. The molecule has 2 amide bonds. The lowest BCUT2D eigenvalue weighted by atomic mass is 9.95. The van der Waals surface area contributed by atoms with E-state index in [1.807, 2.05) is 29.2 Å². The third-order valence-corrected chi connectivity index (χ3v) is 6.20. The first-order valence-corrected chi connectivity index (χ1v) is 10.9. The van der Waals surface area contributed by atoms with E-state index >= 15 is 0 Å². The average Bonchev–Trinajstić information content (AvgIpc) is 3.49. The molecule has 2 saturated heterocycles. The SMILES string of the molecule is CNC(=O)c1[nH]c(C2CCN(C(=O)CC3CCCO3)CC2)nc1-c1ccc(OC)cc1. The van der Waals surface area contributed by atoms with Crippen LogP contribution in [0.25, 0.3) is 11.3 Å². The maximum atomic E-state index is 12.6. The number of aromatic amines is 1. The van der Waals surface area contributed by atoms with E-state index in [0.717, 1.165) is 49.4 Å². The number of carbonyl (C=O) groups excluding carboxylic acids is 2. The van der Waals surface area contributed by atoms with Gasteiger partial charge >= 0.3 is 0 Å². The fraction of sp³-hybridized carbons (Fsp3) is 0.522. The molecule has 31 heavy (non-hydrogen) atoms. The Morgan fingerprint density at radius 1 is 1.23 bits per heavy atom. The molecule has 0 saturated carbocycles. The summed E-state index contributed by atoms with van der Waals surface area (Å²) >= 11 is 0. The Bertz CT molecular complexity index is 910. The first-order valence-electron chi connectivity index (χ1n) is 10.9. The maximum Gasteiger partial charge on any atom is 0.269 e. The van der Waals surface area contributed by atoms with Gasteiger partial charge < -0.3 is 24.7 Å². The molecule has 3 heterocycles. The number of hydrogen-bond acceptors (Lipinski definition) is 5. The summed E-state index contributed by atoms with van der Waals surface area (Å²) in [4.78, 5) is 35.0. The lowest BCUT2D eigenvalue weighted by Crippen LogP contribution is -2.39. The van der Waals surface area contributed by atoms with Crippen molar-refractivity contribution in [2.75, 3.05) is 33.9 Å². The van der Waals surface area contributed by atoms with E-state index in [1.165, 1.54) is 0 Å². The van der Waals surface area contributed by atoms with Gasteiger partial charge in [0.15, 0.2) is 0 Å². The summed E-state index contributed by atoms with van der Waals surface area (Å²) in [5, 5.41) is 2.69. The zero-order valence-electron chi connectivity index (χ0n) is 18.1. The molecule has 1 atom stereocenters. The average molecular weight is 427 g/mol. The Morgan fingerprint density at radius 2 is 1.97 bits per heavy atom. The predicted molar refractivity (Wildman–Crippen MR) is 116 cm³/mol. The Kier molecular flexibility index (Phi) is 6.56. The fourth-order valence-electron chi connectivity index (χ4n) is 4.36. The van der Waals surface area contributed by atoms with Gasteiger partial charge in [-0.15, -0.1) is 0 Å². The van der Waals surface area contributed by atoms with E-state index in [2.05, 4.69) is 10.3 Å². The monoisotopic (exact) mass is 426 g/mol. The van der Waals surface area contributed by atoms with E-state index in [9.17, 15) is 9.59 Å². The first kappa shape index (κ1) is 21.4. The number of aromatic nitrogens is 2. The van der Waals surface area contributed by atoms with Crippen LogP contribution in [0, 0.1) is 0 Å². The van der Waals surface area contributed by atoms with Gasteiger partial charge in [0.25, 0.3) is 5.91 Å². The summed E-state index contributed by atoms with van der Waals surface area (Å²) in [6.45, 7) is 2.16.